The average molecular weight is 289 g/mol. The number of carbonyl (C=O) groups excluding carboxylic acids is 4. The molecular weight excluding hydrogens is 276 g/mol. The molecule has 1 aliphatic rings. The first kappa shape index (κ1) is 14.7. The summed E-state index contributed by atoms with van der Waals surface area (Å²) in [6.45, 7) is 0.0362. The van der Waals surface area contributed by atoms with E-state index in [0.29, 0.717) is 11.3 Å². The van der Waals surface area contributed by atoms with Gasteiger partial charge in [0.25, 0.3) is 5.91 Å². The molecule has 7 heteroatoms. The zero-order valence-corrected chi connectivity index (χ0v) is 11.0. The summed E-state index contributed by atoms with van der Waals surface area (Å²) in [7, 11) is 0. The van der Waals surface area contributed by atoms with E-state index in [1.165, 1.54) is 0 Å². The molecule has 0 aromatic heterocycles. The number of amides is 2. The van der Waals surface area contributed by atoms with Crippen LogP contribution >= 0.6 is 0 Å². The number of rotatable bonds is 6. The summed E-state index contributed by atoms with van der Waals surface area (Å²) in [5.41, 5.74) is 0.989. The molecule has 1 aliphatic heterocycles. The number of carboxylic acid groups (broad SMARTS) is 1. The first-order chi connectivity index (χ1) is 10.0. The second-order valence-electron chi connectivity index (χ2n) is 4.61. The third kappa shape index (κ3) is 3.25. The molecule has 0 saturated carbocycles. The van der Waals surface area contributed by atoms with Gasteiger partial charge < -0.3 is 20.5 Å². The van der Waals surface area contributed by atoms with E-state index in [1.807, 2.05) is 0 Å². The Morgan fingerprint density at radius 3 is 2.67 bits per heavy atom. The summed E-state index contributed by atoms with van der Waals surface area (Å²) >= 11 is 0. The fourth-order valence-corrected chi connectivity index (χ4v) is 2.12. The number of hydrogen-bond acceptors (Lipinski definition) is 5. The average Bonchev–Trinajstić information content (AvgIpc) is 2.78. The molecule has 110 valence electrons. The monoisotopic (exact) mass is 289 g/mol. The highest BCUT2D eigenvalue weighted by molar-refractivity contribution is 6.44. The summed E-state index contributed by atoms with van der Waals surface area (Å²) in [6.07, 6.45) is -0.0456. The van der Waals surface area contributed by atoms with Gasteiger partial charge in [0.05, 0.1) is 0 Å². The van der Waals surface area contributed by atoms with Crippen molar-refractivity contribution in [1.29, 1.82) is 0 Å². The maximum atomic E-state index is 12.0. The van der Waals surface area contributed by atoms with Crippen LogP contribution in [0, 0.1) is 0 Å². The third-order valence-corrected chi connectivity index (χ3v) is 3.12. The molecular formula is C14H13N2O5-. The van der Waals surface area contributed by atoms with Crippen molar-refractivity contribution >= 4 is 29.3 Å². The SMILES string of the molecule is O=C([O-])CCCNC(=O)C(=O)[C@H]1C(=O)Nc2ccccc21. The van der Waals surface area contributed by atoms with Gasteiger partial charge >= 0.3 is 0 Å². The van der Waals surface area contributed by atoms with Gasteiger partial charge in [0.15, 0.2) is 0 Å². The molecule has 0 spiro atoms. The van der Waals surface area contributed by atoms with Crippen molar-refractivity contribution < 1.29 is 24.3 Å². The maximum Gasteiger partial charge on any atom is 0.288 e. The molecule has 0 bridgehead atoms. The molecule has 0 aliphatic carbocycles. The number of anilines is 1. The fourth-order valence-electron chi connectivity index (χ4n) is 2.12. The van der Waals surface area contributed by atoms with E-state index in [0.717, 1.165) is 0 Å². The van der Waals surface area contributed by atoms with Crippen LogP contribution < -0.4 is 15.7 Å². The van der Waals surface area contributed by atoms with Crippen LogP contribution in [-0.4, -0.2) is 30.1 Å². The van der Waals surface area contributed by atoms with Gasteiger partial charge in [0, 0.05) is 18.2 Å². The normalized spacial score (nSPS) is 16.0. The van der Waals surface area contributed by atoms with Gasteiger partial charge in [-0.15, -0.1) is 0 Å². The van der Waals surface area contributed by atoms with Crippen LogP contribution in [-0.2, 0) is 19.2 Å². The Balaban J connectivity index is 1.98. The third-order valence-electron chi connectivity index (χ3n) is 3.12. The Morgan fingerprint density at radius 2 is 1.95 bits per heavy atom. The molecule has 21 heavy (non-hydrogen) atoms. The van der Waals surface area contributed by atoms with Crippen LogP contribution in [0.5, 0.6) is 0 Å². The van der Waals surface area contributed by atoms with Crippen molar-refractivity contribution in [2.24, 2.45) is 0 Å². The first-order valence-electron chi connectivity index (χ1n) is 6.42. The number of para-hydroxylation sites is 1. The molecule has 0 radical (unpaired) electrons. The van der Waals surface area contributed by atoms with Crippen LogP contribution in [0.15, 0.2) is 24.3 Å². The number of Topliss-reactive ketones (excluding diaryl/α,β-unsaturated/α-hetero) is 1. The van der Waals surface area contributed by atoms with Gasteiger partial charge in [-0.1, -0.05) is 18.2 Å². The Bertz CT molecular complexity index is 611. The molecule has 7 nitrogen and oxygen atoms in total. The van der Waals surface area contributed by atoms with E-state index in [9.17, 15) is 24.3 Å². The number of ketones is 1. The van der Waals surface area contributed by atoms with E-state index >= 15 is 0 Å². The van der Waals surface area contributed by atoms with Crippen molar-refractivity contribution in [3.63, 3.8) is 0 Å². The van der Waals surface area contributed by atoms with Crippen LogP contribution in [0.25, 0.3) is 0 Å². The smallest absolute Gasteiger partial charge is 0.288 e. The van der Waals surface area contributed by atoms with Crippen molar-refractivity contribution in [3.8, 4) is 0 Å². The molecule has 2 amide bonds. The molecule has 0 unspecified atom stereocenters. The molecule has 1 heterocycles. The highest BCUT2D eigenvalue weighted by Gasteiger charge is 2.39. The van der Waals surface area contributed by atoms with E-state index < -0.39 is 29.5 Å². The minimum atomic E-state index is -1.22. The van der Waals surface area contributed by atoms with Crippen LogP contribution in [0.3, 0.4) is 0 Å². The minimum absolute atomic E-state index is 0.0362. The molecule has 1 atom stereocenters. The summed E-state index contributed by atoms with van der Waals surface area (Å²) in [4.78, 5) is 45.8. The minimum Gasteiger partial charge on any atom is -0.550 e. The molecule has 1 aromatic rings. The van der Waals surface area contributed by atoms with E-state index in [1.54, 1.807) is 24.3 Å². The van der Waals surface area contributed by atoms with Gasteiger partial charge in [-0.25, -0.2) is 0 Å². The lowest BCUT2D eigenvalue weighted by atomic mass is 9.95. The van der Waals surface area contributed by atoms with Crippen molar-refractivity contribution in [2.75, 3.05) is 11.9 Å². The maximum absolute atomic E-state index is 12.0. The topological polar surface area (TPSA) is 115 Å². The van der Waals surface area contributed by atoms with Crippen molar-refractivity contribution in [1.82, 2.24) is 5.32 Å². The standard InChI is InChI=1S/C14H14N2O5/c17-10(18)6-3-7-15-14(21)12(19)11-8-4-1-2-5-9(8)16-13(11)20/h1-2,4-5,11H,3,6-7H2,(H,15,21)(H,16,20)(H,17,18)/p-1/t11-/m0/s1. The predicted octanol–water partition coefficient (Wildman–Crippen LogP) is -1.06. The first-order valence-corrected chi connectivity index (χ1v) is 6.42. The van der Waals surface area contributed by atoms with Crippen molar-refractivity contribution in [2.45, 2.75) is 18.8 Å². The quantitative estimate of drug-likeness (QED) is 0.393. The summed E-state index contributed by atoms with van der Waals surface area (Å²) < 4.78 is 0. The van der Waals surface area contributed by atoms with Gasteiger partial charge in [-0.2, -0.15) is 0 Å². The van der Waals surface area contributed by atoms with Gasteiger partial charge in [0.1, 0.15) is 5.92 Å². The second kappa shape index (κ2) is 6.17. The number of nitrogens with one attached hydrogen (secondary N) is 2. The summed E-state index contributed by atoms with van der Waals surface area (Å²) in [5.74, 6) is -4.66. The highest BCUT2D eigenvalue weighted by Crippen LogP contribution is 2.32. The van der Waals surface area contributed by atoms with E-state index in [4.69, 9.17) is 0 Å². The van der Waals surface area contributed by atoms with Gasteiger partial charge in [0.2, 0.25) is 11.7 Å². The largest absolute Gasteiger partial charge is 0.550 e. The number of carbonyl (C=O) groups is 4. The lowest BCUT2D eigenvalue weighted by molar-refractivity contribution is -0.305. The van der Waals surface area contributed by atoms with Gasteiger partial charge in [-0.3, -0.25) is 14.4 Å². The van der Waals surface area contributed by atoms with E-state index in [-0.39, 0.29) is 19.4 Å². The number of hydrogen-bond donors (Lipinski definition) is 2. The molecule has 1 aromatic carbocycles. The summed E-state index contributed by atoms with van der Waals surface area (Å²) in [5, 5.41) is 15.1. The lowest BCUT2D eigenvalue weighted by Gasteiger charge is -2.08. The predicted molar refractivity (Wildman–Crippen MR) is 70.1 cm³/mol. The Hall–Kier alpha value is -2.70. The Morgan fingerprint density at radius 1 is 1.24 bits per heavy atom. The Labute approximate surface area is 120 Å². The second-order valence-corrected chi connectivity index (χ2v) is 4.61. The number of carboxylic acids is 1. The number of benzene rings is 1. The van der Waals surface area contributed by atoms with Crippen LogP contribution in [0.4, 0.5) is 5.69 Å². The molecule has 0 saturated heterocycles. The molecule has 2 rings (SSSR count). The zero-order chi connectivity index (χ0) is 15.4. The number of fused-ring (bicyclic) bond motifs is 1. The zero-order valence-electron chi connectivity index (χ0n) is 11.0. The highest BCUT2D eigenvalue weighted by atomic mass is 16.4. The van der Waals surface area contributed by atoms with Crippen LogP contribution in [0.1, 0.15) is 24.3 Å². The van der Waals surface area contributed by atoms with Gasteiger partial charge in [-0.05, 0) is 24.5 Å². The summed E-state index contributed by atoms with van der Waals surface area (Å²) in [6, 6.07) is 6.65. The molecule has 2 N–H and O–H groups in total. The van der Waals surface area contributed by atoms with Crippen molar-refractivity contribution in [3.05, 3.63) is 29.8 Å². The molecule has 0 fully saturated rings. The number of aliphatic carboxylic acids is 1. The lowest BCUT2D eigenvalue weighted by Crippen LogP contribution is -2.37. The Kier molecular flexibility index (Phi) is 4.32. The fraction of sp³-hybridized carbons (Fsp3) is 0.286. The van der Waals surface area contributed by atoms with E-state index in [2.05, 4.69) is 10.6 Å². The van der Waals surface area contributed by atoms with Crippen LogP contribution in [0.2, 0.25) is 0 Å².